The van der Waals surface area contributed by atoms with E-state index in [1.54, 1.807) is 36.4 Å². The van der Waals surface area contributed by atoms with E-state index in [2.05, 4.69) is 0 Å². The van der Waals surface area contributed by atoms with E-state index < -0.39 is 6.10 Å². The maximum Gasteiger partial charge on any atom is 0.258 e. The van der Waals surface area contributed by atoms with Gasteiger partial charge >= 0.3 is 0 Å². The van der Waals surface area contributed by atoms with Crippen molar-refractivity contribution in [2.75, 3.05) is 26.7 Å². The highest BCUT2D eigenvalue weighted by Crippen LogP contribution is 2.21. The normalized spacial score (nSPS) is 18.2. The minimum atomic E-state index is -0.833. The van der Waals surface area contributed by atoms with Crippen LogP contribution in [0.15, 0.2) is 47.1 Å². The van der Waals surface area contributed by atoms with E-state index in [0.29, 0.717) is 17.1 Å². The van der Waals surface area contributed by atoms with Crippen molar-refractivity contribution in [2.24, 2.45) is 0 Å². The van der Waals surface area contributed by atoms with Gasteiger partial charge in [0.1, 0.15) is 18.1 Å². The fourth-order valence-corrected chi connectivity index (χ4v) is 2.89. The molecule has 1 fully saturated rings. The molecule has 3 rings (SSSR count). The summed E-state index contributed by atoms with van der Waals surface area (Å²) in [5.74, 6) is 0.483. The van der Waals surface area contributed by atoms with Crippen LogP contribution in [-0.2, 0) is 11.3 Å². The summed E-state index contributed by atoms with van der Waals surface area (Å²) in [6.45, 7) is 0.390. The number of hydrogen-bond donors (Lipinski definition) is 1. The monoisotopic (exact) mass is 344 g/mol. The second-order valence-corrected chi connectivity index (χ2v) is 5.89. The molecule has 0 radical (unpaired) electrons. The van der Waals surface area contributed by atoms with Crippen LogP contribution in [0.25, 0.3) is 0 Å². The number of amides is 2. The lowest BCUT2D eigenvalue weighted by molar-refractivity contribution is -0.132. The first kappa shape index (κ1) is 17.0. The highest BCUT2D eigenvalue weighted by Gasteiger charge is 2.31. The van der Waals surface area contributed by atoms with Crippen molar-refractivity contribution in [3.8, 4) is 5.75 Å². The maximum atomic E-state index is 12.8. The average molecular weight is 344 g/mol. The Hall–Kier alpha value is -2.80. The number of nitrogens with zero attached hydrogens (tertiary/aromatic N) is 2. The van der Waals surface area contributed by atoms with Crippen LogP contribution in [0, 0.1) is 0 Å². The summed E-state index contributed by atoms with van der Waals surface area (Å²) in [5.41, 5.74) is 0.365. The Morgan fingerprint density at radius 3 is 2.80 bits per heavy atom. The molecule has 7 nitrogen and oxygen atoms in total. The van der Waals surface area contributed by atoms with Crippen LogP contribution in [0.3, 0.4) is 0 Å². The molecule has 25 heavy (non-hydrogen) atoms. The van der Waals surface area contributed by atoms with Crippen LogP contribution in [-0.4, -0.2) is 59.6 Å². The lowest BCUT2D eigenvalue weighted by Gasteiger charge is -2.22. The van der Waals surface area contributed by atoms with E-state index in [1.807, 2.05) is 0 Å². The molecule has 0 saturated carbocycles. The third-order valence-corrected chi connectivity index (χ3v) is 4.09. The van der Waals surface area contributed by atoms with Gasteiger partial charge in [-0.2, -0.15) is 0 Å². The predicted molar refractivity (Wildman–Crippen MR) is 89.0 cm³/mol. The van der Waals surface area contributed by atoms with E-state index in [1.165, 1.54) is 23.2 Å². The van der Waals surface area contributed by atoms with Crippen molar-refractivity contribution in [1.29, 1.82) is 0 Å². The van der Waals surface area contributed by atoms with Crippen LogP contribution in [0.5, 0.6) is 5.75 Å². The standard InChI is InChI=1S/C18H20N2O5/c1-24-16-7-3-2-6-15(16)18(23)20-10-13(21)9-19(17(22)12-20)11-14-5-4-8-25-14/h2-8,13,21H,9-12H2,1H3. The summed E-state index contributed by atoms with van der Waals surface area (Å²) in [6.07, 6.45) is 0.700. The zero-order chi connectivity index (χ0) is 17.8. The number of carbonyl (C=O) groups excluding carboxylic acids is 2. The third kappa shape index (κ3) is 3.83. The van der Waals surface area contributed by atoms with Gasteiger partial charge in [-0.3, -0.25) is 9.59 Å². The summed E-state index contributed by atoms with van der Waals surface area (Å²) in [5, 5.41) is 10.2. The molecule has 132 valence electrons. The van der Waals surface area contributed by atoms with Gasteiger partial charge in [0.15, 0.2) is 0 Å². The number of β-amino-alcohol motifs (C(OH)–C–C–N with tert-alkyl or cyclic N) is 1. The van der Waals surface area contributed by atoms with Gasteiger partial charge in [0, 0.05) is 13.1 Å². The lowest BCUT2D eigenvalue weighted by atomic mass is 10.1. The van der Waals surface area contributed by atoms with Gasteiger partial charge in [0.05, 0.1) is 31.6 Å². The van der Waals surface area contributed by atoms with E-state index in [4.69, 9.17) is 9.15 Å². The number of methoxy groups -OCH3 is 1. The first-order chi connectivity index (χ1) is 12.1. The van der Waals surface area contributed by atoms with Crippen molar-refractivity contribution < 1.29 is 23.8 Å². The average Bonchev–Trinajstić information content (AvgIpc) is 3.08. The number of benzene rings is 1. The number of rotatable bonds is 4. The van der Waals surface area contributed by atoms with E-state index >= 15 is 0 Å². The number of furan rings is 1. The molecular weight excluding hydrogens is 324 g/mol. The molecule has 1 N–H and O–H groups in total. The zero-order valence-electron chi connectivity index (χ0n) is 13.9. The molecule has 1 aliphatic heterocycles. The van der Waals surface area contributed by atoms with Crippen molar-refractivity contribution in [3.05, 3.63) is 54.0 Å². The second kappa shape index (κ2) is 7.40. The fourth-order valence-electron chi connectivity index (χ4n) is 2.89. The molecule has 1 unspecified atom stereocenters. The fraction of sp³-hybridized carbons (Fsp3) is 0.333. The number of hydrogen-bond acceptors (Lipinski definition) is 5. The van der Waals surface area contributed by atoms with Crippen molar-refractivity contribution in [2.45, 2.75) is 12.6 Å². The van der Waals surface area contributed by atoms with Crippen LogP contribution < -0.4 is 4.74 Å². The Balaban J connectivity index is 1.77. The number of aliphatic hydroxyl groups excluding tert-OH is 1. The Bertz CT molecular complexity index is 744. The molecule has 1 aliphatic rings. The van der Waals surface area contributed by atoms with Crippen LogP contribution >= 0.6 is 0 Å². The lowest BCUT2D eigenvalue weighted by Crippen LogP contribution is -2.39. The number of para-hydroxylation sites is 1. The van der Waals surface area contributed by atoms with Gasteiger partial charge < -0.3 is 24.1 Å². The van der Waals surface area contributed by atoms with Crippen molar-refractivity contribution in [3.63, 3.8) is 0 Å². The summed E-state index contributed by atoms with van der Waals surface area (Å²) >= 11 is 0. The molecular formula is C18H20N2O5. The Morgan fingerprint density at radius 2 is 2.08 bits per heavy atom. The molecule has 2 aromatic rings. The first-order valence-corrected chi connectivity index (χ1v) is 7.99. The largest absolute Gasteiger partial charge is 0.496 e. The van der Waals surface area contributed by atoms with Gasteiger partial charge in [-0.15, -0.1) is 0 Å². The van der Waals surface area contributed by atoms with Crippen LogP contribution in [0.1, 0.15) is 16.1 Å². The Morgan fingerprint density at radius 1 is 1.28 bits per heavy atom. The summed E-state index contributed by atoms with van der Waals surface area (Å²) < 4.78 is 10.5. The van der Waals surface area contributed by atoms with Gasteiger partial charge in [0.25, 0.3) is 5.91 Å². The summed E-state index contributed by atoms with van der Waals surface area (Å²) in [6, 6.07) is 10.3. The SMILES string of the molecule is COc1ccccc1C(=O)N1CC(=O)N(Cc2ccco2)CC(O)C1. The van der Waals surface area contributed by atoms with E-state index in [-0.39, 0.29) is 38.0 Å². The van der Waals surface area contributed by atoms with Gasteiger partial charge in [0.2, 0.25) is 5.91 Å². The molecule has 7 heteroatoms. The topological polar surface area (TPSA) is 83.2 Å². The molecule has 1 aromatic heterocycles. The van der Waals surface area contributed by atoms with Gasteiger partial charge in [-0.25, -0.2) is 0 Å². The molecule has 0 bridgehead atoms. The van der Waals surface area contributed by atoms with Gasteiger partial charge in [-0.05, 0) is 24.3 Å². The van der Waals surface area contributed by atoms with Crippen LogP contribution in [0.4, 0.5) is 0 Å². The Labute approximate surface area is 145 Å². The van der Waals surface area contributed by atoms with Gasteiger partial charge in [-0.1, -0.05) is 12.1 Å². The minimum Gasteiger partial charge on any atom is -0.496 e. The highest BCUT2D eigenvalue weighted by atomic mass is 16.5. The summed E-state index contributed by atoms with van der Waals surface area (Å²) in [7, 11) is 1.49. The number of carbonyl (C=O) groups is 2. The quantitative estimate of drug-likeness (QED) is 0.899. The predicted octanol–water partition coefficient (Wildman–Crippen LogP) is 1.13. The maximum absolute atomic E-state index is 12.8. The molecule has 2 heterocycles. The highest BCUT2D eigenvalue weighted by molar-refractivity contribution is 5.99. The second-order valence-electron chi connectivity index (χ2n) is 5.89. The number of aliphatic hydroxyl groups is 1. The molecule has 0 spiro atoms. The Kier molecular flexibility index (Phi) is 5.04. The third-order valence-electron chi connectivity index (χ3n) is 4.09. The summed E-state index contributed by atoms with van der Waals surface area (Å²) in [4.78, 5) is 28.2. The molecule has 0 aliphatic carbocycles. The molecule has 1 aromatic carbocycles. The van der Waals surface area contributed by atoms with E-state index in [9.17, 15) is 14.7 Å². The molecule has 2 amide bonds. The number of ether oxygens (including phenoxy) is 1. The minimum absolute atomic E-state index is 0.0806. The van der Waals surface area contributed by atoms with Crippen molar-refractivity contribution >= 4 is 11.8 Å². The zero-order valence-corrected chi connectivity index (χ0v) is 13.9. The van der Waals surface area contributed by atoms with Crippen LogP contribution in [0.2, 0.25) is 0 Å². The van der Waals surface area contributed by atoms with E-state index in [0.717, 1.165) is 0 Å². The smallest absolute Gasteiger partial charge is 0.258 e. The molecule has 1 saturated heterocycles. The van der Waals surface area contributed by atoms with Crippen molar-refractivity contribution in [1.82, 2.24) is 9.80 Å². The first-order valence-electron chi connectivity index (χ1n) is 7.99. The molecule has 1 atom stereocenters.